The van der Waals surface area contributed by atoms with Crippen molar-refractivity contribution in [1.82, 2.24) is 0 Å². The van der Waals surface area contributed by atoms with Gasteiger partial charge in [-0.05, 0) is 18.8 Å². The van der Waals surface area contributed by atoms with Crippen LogP contribution in [-0.2, 0) is 14.3 Å². The molecule has 0 saturated heterocycles. The zero-order valence-electron chi connectivity index (χ0n) is 12.3. The molecule has 0 aliphatic heterocycles. The fourth-order valence-corrected chi connectivity index (χ4v) is 1.85. The first-order chi connectivity index (χ1) is 9.10. The number of carbonyl (C=O) groups excluding carboxylic acids is 1. The number of hydrogen-bond donors (Lipinski definition) is 1. The van der Waals surface area contributed by atoms with Crippen molar-refractivity contribution in [3.05, 3.63) is 0 Å². The molecule has 0 aromatic carbocycles. The summed E-state index contributed by atoms with van der Waals surface area (Å²) in [6.45, 7) is 4.83. The maximum absolute atomic E-state index is 11.1. The van der Waals surface area contributed by atoms with Gasteiger partial charge in [-0.15, -0.1) is 0 Å². The third-order valence-electron chi connectivity index (χ3n) is 3.25. The number of rotatable bonds is 6. The smallest absolute Gasteiger partial charge is 0.306 e. The van der Waals surface area contributed by atoms with E-state index in [1.54, 1.807) is 0 Å². The predicted molar refractivity (Wildman–Crippen MR) is 75.0 cm³/mol. The van der Waals surface area contributed by atoms with Gasteiger partial charge in [0.05, 0.1) is 19.4 Å². The molecule has 0 heterocycles. The molecule has 1 fully saturated rings. The first-order valence-electron chi connectivity index (χ1n) is 7.47. The summed E-state index contributed by atoms with van der Waals surface area (Å²) in [5, 5.41) is 8.37. The van der Waals surface area contributed by atoms with Crippen molar-refractivity contribution in [1.29, 1.82) is 0 Å². The SMILES string of the molecule is CCCC.O=C(O)CCC(=O)OCC1CCCCC1. The highest BCUT2D eigenvalue weighted by molar-refractivity contribution is 5.76. The molecule has 19 heavy (non-hydrogen) atoms. The minimum absolute atomic E-state index is 0.0119. The van der Waals surface area contributed by atoms with Crippen molar-refractivity contribution in [3.63, 3.8) is 0 Å². The van der Waals surface area contributed by atoms with Crippen molar-refractivity contribution in [2.24, 2.45) is 5.92 Å². The Bertz CT molecular complexity index is 243. The molecule has 0 bridgehead atoms. The largest absolute Gasteiger partial charge is 0.481 e. The fourth-order valence-electron chi connectivity index (χ4n) is 1.85. The van der Waals surface area contributed by atoms with E-state index in [1.165, 1.54) is 32.1 Å². The van der Waals surface area contributed by atoms with Crippen LogP contribution in [0.5, 0.6) is 0 Å². The van der Waals surface area contributed by atoms with Gasteiger partial charge in [-0.25, -0.2) is 0 Å². The van der Waals surface area contributed by atoms with Gasteiger partial charge in [0.1, 0.15) is 0 Å². The standard InChI is InChI=1S/C11H18O4.C4H10/c12-10(13)6-7-11(14)15-8-9-4-2-1-3-5-9;1-3-4-2/h9H,1-8H2,(H,12,13);3-4H2,1-2H3. The van der Waals surface area contributed by atoms with Crippen LogP contribution in [0.25, 0.3) is 0 Å². The van der Waals surface area contributed by atoms with Gasteiger partial charge in [0.2, 0.25) is 0 Å². The number of carbonyl (C=O) groups is 2. The number of esters is 1. The maximum Gasteiger partial charge on any atom is 0.306 e. The van der Waals surface area contributed by atoms with E-state index in [9.17, 15) is 9.59 Å². The van der Waals surface area contributed by atoms with E-state index < -0.39 is 5.97 Å². The van der Waals surface area contributed by atoms with Gasteiger partial charge in [-0.2, -0.15) is 0 Å². The first-order valence-corrected chi connectivity index (χ1v) is 7.47. The average Bonchev–Trinajstić information content (AvgIpc) is 2.44. The van der Waals surface area contributed by atoms with Crippen LogP contribution in [0.4, 0.5) is 0 Å². The third kappa shape index (κ3) is 11.7. The molecule has 0 atom stereocenters. The summed E-state index contributed by atoms with van der Waals surface area (Å²) in [5.74, 6) is -0.847. The van der Waals surface area contributed by atoms with Crippen LogP contribution in [0.15, 0.2) is 0 Å². The molecule has 0 amide bonds. The van der Waals surface area contributed by atoms with Crippen LogP contribution in [0.1, 0.15) is 71.6 Å². The molecule has 0 unspecified atom stereocenters. The zero-order chi connectivity index (χ0) is 14.5. The van der Waals surface area contributed by atoms with Crippen molar-refractivity contribution in [3.8, 4) is 0 Å². The van der Waals surface area contributed by atoms with Crippen molar-refractivity contribution >= 4 is 11.9 Å². The Morgan fingerprint density at radius 1 is 1.05 bits per heavy atom. The number of hydrogen-bond acceptors (Lipinski definition) is 3. The van der Waals surface area contributed by atoms with Gasteiger partial charge >= 0.3 is 11.9 Å². The van der Waals surface area contributed by atoms with Crippen LogP contribution in [-0.4, -0.2) is 23.7 Å². The van der Waals surface area contributed by atoms with E-state index >= 15 is 0 Å². The molecule has 1 aliphatic carbocycles. The second-order valence-corrected chi connectivity index (χ2v) is 5.08. The van der Waals surface area contributed by atoms with Crippen LogP contribution < -0.4 is 0 Å². The summed E-state index contributed by atoms with van der Waals surface area (Å²) in [7, 11) is 0. The lowest BCUT2D eigenvalue weighted by Gasteiger charge is -2.20. The predicted octanol–water partition coefficient (Wildman–Crippen LogP) is 3.78. The molecule has 4 heteroatoms. The van der Waals surface area contributed by atoms with Gasteiger partial charge in [0, 0.05) is 0 Å². The molecular weight excluding hydrogens is 244 g/mol. The third-order valence-corrected chi connectivity index (χ3v) is 3.25. The van der Waals surface area contributed by atoms with E-state index in [2.05, 4.69) is 13.8 Å². The summed E-state index contributed by atoms with van der Waals surface area (Å²) >= 11 is 0. The number of carboxylic acids is 1. The second kappa shape index (κ2) is 12.0. The minimum atomic E-state index is -0.954. The summed E-state index contributed by atoms with van der Waals surface area (Å²) in [6.07, 6.45) is 8.47. The molecule has 1 aliphatic rings. The lowest BCUT2D eigenvalue weighted by atomic mass is 9.90. The highest BCUT2D eigenvalue weighted by Crippen LogP contribution is 2.23. The number of ether oxygens (including phenoxy) is 1. The lowest BCUT2D eigenvalue weighted by Crippen LogP contribution is -2.17. The Labute approximate surface area is 116 Å². The summed E-state index contributed by atoms with van der Waals surface area (Å²) in [6, 6.07) is 0. The van der Waals surface area contributed by atoms with Gasteiger partial charge in [0.25, 0.3) is 0 Å². The van der Waals surface area contributed by atoms with E-state index in [0.29, 0.717) is 12.5 Å². The van der Waals surface area contributed by atoms with Crippen LogP contribution in [0.3, 0.4) is 0 Å². The van der Waals surface area contributed by atoms with Gasteiger partial charge < -0.3 is 9.84 Å². The molecule has 112 valence electrons. The zero-order valence-corrected chi connectivity index (χ0v) is 12.3. The molecule has 1 rings (SSSR count). The van der Waals surface area contributed by atoms with Crippen molar-refractivity contribution in [2.75, 3.05) is 6.61 Å². The highest BCUT2D eigenvalue weighted by Gasteiger charge is 2.15. The normalized spacial score (nSPS) is 15.3. The summed E-state index contributed by atoms with van der Waals surface area (Å²) < 4.78 is 5.03. The molecule has 4 nitrogen and oxygen atoms in total. The van der Waals surface area contributed by atoms with Crippen molar-refractivity contribution in [2.45, 2.75) is 71.6 Å². The number of unbranched alkanes of at least 4 members (excludes halogenated alkanes) is 1. The Kier molecular flexibility index (Phi) is 11.3. The number of carboxylic acid groups (broad SMARTS) is 1. The van der Waals surface area contributed by atoms with Crippen molar-refractivity contribution < 1.29 is 19.4 Å². The van der Waals surface area contributed by atoms with E-state index in [4.69, 9.17) is 9.84 Å². The van der Waals surface area contributed by atoms with E-state index in [-0.39, 0.29) is 18.8 Å². The van der Waals surface area contributed by atoms with E-state index in [0.717, 1.165) is 12.8 Å². The van der Waals surface area contributed by atoms with Gasteiger partial charge in [-0.1, -0.05) is 46.0 Å². The highest BCUT2D eigenvalue weighted by atomic mass is 16.5. The topological polar surface area (TPSA) is 63.6 Å². The number of aliphatic carboxylic acids is 1. The Balaban J connectivity index is 0.000000711. The van der Waals surface area contributed by atoms with Gasteiger partial charge in [-0.3, -0.25) is 9.59 Å². The Morgan fingerprint density at radius 3 is 2.11 bits per heavy atom. The Morgan fingerprint density at radius 2 is 1.63 bits per heavy atom. The quantitative estimate of drug-likeness (QED) is 0.747. The molecular formula is C15H28O4. The average molecular weight is 272 g/mol. The molecule has 0 aromatic rings. The fraction of sp³-hybridized carbons (Fsp3) is 0.867. The van der Waals surface area contributed by atoms with Gasteiger partial charge in [0.15, 0.2) is 0 Å². The molecule has 0 aromatic heterocycles. The molecule has 0 spiro atoms. The van der Waals surface area contributed by atoms with E-state index in [1.807, 2.05) is 0 Å². The molecule has 0 radical (unpaired) electrons. The molecule has 1 N–H and O–H groups in total. The Hall–Kier alpha value is -1.06. The molecule has 1 saturated carbocycles. The van der Waals surface area contributed by atoms with Crippen LogP contribution in [0.2, 0.25) is 0 Å². The van der Waals surface area contributed by atoms with Crippen LogP contribution >= 0.6 is 0 Å². The summed E-state index contributed by atoms with van der Waals surface area (Å²) in [4.78, 5) is 21.3. The summed E-state index contributed by atoms with van der Waals surface area (Å²) in [5.41, 5.74) is 0. The maximum atomic E-state index is 11.1. The van der Waals surface area contributed by atoms with Crippen LogP contribution in [0, 0.1) is 5.92 Å². The minimum Gasteiger partial charge on any atom is -0.481 e. The second-order valence-electron chi connectivity index (χ2n) is 5.08. The first kappa shape index (κ1) is 17.9. The monoisotopic (exact) mass is 272 g/mol. The lowest BCUT2D eigenvalue weighted by molar-refractivity contribution is -0.149.